The number of hydrogen-bond donors (Lipinski definition) is 1. The molecule has 1 N–H and O–H groups in total. The highest BCUT2D eigenvalue weighted by molar-refractivity contribution is 7.22. The first-order chi connectivity index (χ1) is 17.1. The number of carbonyl (C=O) groups excluding carboxylic acids is 3. The first-order valence-corrected chi connectivity index (χ1v) is 13.4. The summed E-state index contributed by atoms with van der Waals surface area (Å²) in [5.74, 6) is -0.503. The number of benzene rings is 1. The maximum atomic E-state index is 13.4. The number of nitrogens with zero attached hydrogens (tertiary/aromatic N) is 3. The molecule has 1 aromatic carbocycles. The molecule has 0 radical (unpaired) electrons. The van der Waals surface area contributed by atoms with Crippen LogP contribution in [-0.2, 0) is 20.7 Å². The van der Waals surface area contributed by atoms with Gasteiger partial charge in [0.2, 0.25) is 5.91 Å². The molecule has 2 amide bonds. The minimum absolute atomic E-state index is 0.124. The number of alkyl carbamates (subject to hydrolysis) is 1. The summed E-state index contributed by atoms with van der Waals surface area (Å²) in [4.78, 5) is 47.4. The molecule has 1 atom stereocenters. The smallest absolute Gasteiger partial charge is 0.408 e. The molecule has 0 spiro atoms. The summed E-state index contributed by atoms with van der Waals surface area (Å²) in [6.07, 6.45) is -0.187. The van der Waals surface area contributed by atoms with E-state index in [0.29, 0.717) is 38.2 Å². The van der Waals surface area contributed by atoms with Gasteiger partial charge in [0, 0.05) is 37.5 Å². The average molecular weight is 531 g/mol. The number of amides is 2. The molecule has 0 saturated carbocycles. The number of ether oxygens (including phenoxy) is 2. The van der Waals surface area contributed by atoms with Crippen LogP contribution in [0.5, 0.6) is 0 Å². The van der Waals surface area contributed by atoms with E-state index < -0.39 is 17.7 Å². The Morgan fingerprint density at radius 1 is 1.14 bits per heavy atom. The average Bonchev–Trinajstić information content (AvgIpc) is 3.51. The van der Waals surface area contributed by atoms with Crippen LogP contribution in [0.2, 0.25) is 0 Å². The predicted molar refractivity (Wildman–Crippen MR) is 141 cm³/mol. The van der Waals surface area contributed by atoms with Gasteiger partial charge < -0.3 is 24.6 Å². The lowest BCUT2D eigenvalue weighted by Gasteiger charge is -2.36. The first-order valence-electron chi connectivity index (χ1n) is 11.7. The fraction of sp³-hybridized carbons (Fsp3) is 0.440. The molecule has 9 nitrogen and oxygen atoms in total. The van der Waals surface area contributed by atoms with Crippen LogP contribution in [0, 0.1) is 0 Å². The van der Waals surface area contributed by atoms with Crippen molar-refractivity contribution in [2.75, 3.05) is 38.2 Å². The van der Waals surface area contributed by atoms with Crippen molar-refractivity contribution in [1.82, 2.24) is 15.2 Å². The minimum Gasteiger partial charge on any atom is -0.465 e. The van der Waals surface area contributed by atoms with Crippen molar-refractivity contribution in [1.29, 1.82) is 0 Å². The van der Waals surface area contributed by atoms with Crippen molar-refractivity contribution >= 4 is 56.0 Å². The van der Waals surface area contributed by atoms with Crippen molar-refractivity contribution in [2.45, 2.75) is 38.8 Å². The van der Waals surface area contributed by atoms with Crippen LogP contribution in [0.15, 0.2) is 35.7 Å². The van der Waals surface area contributed by atoms with E-state index in [1.165, 1.54) is 18.4 Å². The monoisotopic (exact) mass is 530 g/mol. The molecule has 11 heteroatoms. The summed E-state index contributed by atoms with van der Waals surface area (Å²) in [7, 11) is 1.36. The van der Waals surface area contributed by atoms with Crippen LogP contribution >= 0.6 is 22.7 Å². The number of fused-ring (bicyclic) bond motifs is 1. The second-order valence-electron chi connectivity index (χ2n) is 9.47. The maximum Gasteiger partial charge on any atom is 0.408 e. The zero-order valence-electron chi connectivity index (χ0n) is 20.8. The number of hydrogen-bond acceptors (Lipinski definition) is 9. The molecule has 2 aromatic heterocycles. The molecule has 0 aliphatic carbocycles. The number of thiazole rings is 1. The van der Waals surface area contributed by atoms with Gasteiger partial charge in [-0.2, -0.15) is 0 Å². The highest BCUT2D eigenvalue weighted by Gasteiger charge is 2.31. The van der Waals surface area contributed by atoms with Crippen molar-refractivity contribution in [3.63, 3.8) is 0 Å². The van der Waals surface area contributed by atoms with Gasteiger partial charge >= 0.3 is 12.1 Å². The highest BCUT2D eigenvalue weighted by Crippen LogP contribution is 2.30. The number of esters is 1. The van der Waals surface area contributed by atoms with Crippen molar-refractivity contribution < 1.29 is 23.9 Å². The lowest BCUT2D eigenvalue weighted by atomic mass is 10.1. The molecule has 1 saturated heterocycles. The topological polar surface area (TPSA) is 101 Å². The molecule has 192 valence electrons. The Hall–Kier alpha value is -3.18. The molecule has 3 heterocycles. The van der Waals surface area contributed by atoms with E-state index in [0.717, 1.165) is 20.2 Å². The molecule has 4 rings (SSSR count). The summed E-state index contributed by atoms with van der Waals surface area (Å²) in [5.41, 5.74) is 0.657. The van der Waals surface area contributed by atoms with Crippen LogP contribution in [0.4, 0.5) is 9.93 Å². The Labute approximate surface area is 218 Å². The van der Waals surface area contributed by atoms with Gasteiger partial charge in [0.1, 0.15) is 11.6 Å². The molecule has 1 fully saturated rings. The molecule has 1 aliphatic heterocycles. The van der Waals surface area contributed by atoms with Gasteiger partial charge in [-0.05, 0) is 50.4 Å². The van der Waals surface area contributed by atoms with E-state index in [1.807, 2.05) is 23.6 Å². The third-order valence-corrected chi connectivity index (χ3v) is 7.61. The largest absolute Gasteiger partial charge is 0.465 e. The summed E-state index contributed by atoms with van der Waals surface area (Å²) in [5, 5.41) is 5.58. The van der Waals surface area contributed by atoms with Crippen molar-refractivity contribution in [3.05, 3.63) is 46.2 Å². The predicted octanol–water partition coefficient (Wildman–Crippen LogP) is 3.93. The Bertz CT molecular complexity index is 1230. The van der Waals surface area contributed by atoms with Crippen LogP contribution in [0.3, 0.4) is 0 Å². The van der Waals surface area contributed by atoms with Crippen molar-refractivity contribution in [2.24, 2.45) is 0 Å². The lowest BCUT2D eigenvalue weighted by Crippen LogP contribution is -2.56. The molecule has 0 bridgehead atoms. The van der Waals surface area contributed by atoms with Gasteiger partial charge in [-0.25, -0.2) is 14.6 Å². The quantitative estimate of drug-likeness (QED) is 0.482. The summed E-state index contributed by atoms with van der Waals surface area (Å²) < 4.78 is 11.1. The van der Waals surface area contributed by atoms with Crippen LogP contribution in [-0.4, -0.2) is 72.8 Å². The number of aromatic nitrogens is 1. The van der Waals surface area contributed by atoms with E-state index in [1.54, 1.807) is 49.1 Å². The Balaban J connectivity index is 1.42. The Kier molecular flexibility index (Phi) is 7.79. The normalized spacial score (nSPS) is 15.0. The van der Waals surface area contributed by atoms with Crippen molar-refractivity contribution in [3.8, 4) is 0 Å². The van der Waals surface area contributed by atoms with Gasteiger partial charge in [-0.1, -0.05) is 17.4 Å². The standard InChI is InChI=1S/C25H30N4O5S2/c1-25(2,3)34-24(32)27-19(15-17-6-5-13-35-17)21(30)28-9-11-29(12-10-28)23-26-18-8-7-16(22(31)33-4)14-20(18)36-23/h5-8,13-14,19H,9-12,15H2,1-4H3,(H,27,32)/t19-/m0/s1. The fourth-order valence-corrected chi connectivity index (χ4v) is 5.72. The fourth-order valence-electron chi connectivity index (χ4n) is 3.91. The summed E-state index contributed by atoms with van der Waals surface area (Å²) in [6.45, 7) is 7.64. The van der Waals surface area contributed by atoms with Gasteiger partial charge in [0.25, 0.3) is 0 Å². The number of anilines is 1. The third-order valence-electron chi connectivity index (χ3n) is 5.63. The van der Waals surface area contributed by atoms with Gasteiger partial charge in [-0.3, -0.25) is 4.79 Å². The van der Waals surface area contributed by atoms with E-state index in [2.05, 4.69) is 10.2 Å². The molecular weight excluding hydrogens is 500 g/mol. The number of thiophene rings is 1. The number of nitrogens with one attached hydrogen (secondary N) is 1. The number of methoxy groups -OCH3 is 1. The van der Waals surface area contributed by atoms with E-state index in [-0.39, 0.29) is 11.9 Å². The van der Waals surface area contributed by atoms with E-state index in [4.69, 9.17) is 14.5 Å². The molecule has 0 unspecified atom stereocenters. The van der Waals surface area contributed by atoms with E-state index >= 15 is 0 Å². The number of piperazine rings is 1. The molecular formula is C25H30N4O5S2. The molecule has 3 aromatic rings. The number of rotatable bonds is 6. The van der Waals surface area contributed by atoms with Gasteiger partial charge in [-0.15, -0.1) is 11.3 Å². The van der Waals surface area contributed by atoms with Crippen LogP contribution in [0.25, 0.3) is 10.2 Å². The summed E-state index contributed by atoms with van der Waals surface area (Å²) >= 11 is 3.06. The lowest BCUT2D eigenvalue weighted by molar-refractivity contribution is -0.133. The van der Waals surface area contributed by atoms with Gasteiger partial charge in [0.05, 0.1) is 22.9 Å². The van der Waals surface area contributed by atoms with Gasteiger partial charge in [0.15, 0.2) is 5.13 Å². The van der Waals surface area contributed by atoms with E-state index in [9.17, 15) is 14.4 Å². The molecule has 1 aliphatic rings. The zero-order valence-corrected chi connectivity index (χ0v) is 22.4. The SMILES string of the molecule is COC(=O)c1ccc2nc(N3CCN(C(=O)[C@H](Cc4cccs4)NC(=O)OC(C)(C)C)CC3)sc2c1. The second kappa shape index (κ2) is 10.8. The highest BCUT2D eigenvalue weighted by atomic mass is 32.1. The molecule has 36 heavy (non-hydrogen) atoms. The first kappa shape index (κ1) is 25.9. The maximum absolute atomic E-state index is 13.4. The Morgan fingerprint density at radius 3 is 2.53 bits per heavy atom. The van der Waals surface area contributed by atoms with Crippen LogP contribution < -0.4 is 10.2 Å². The zero-order chi connectivity index (χ0) is 25.9. The second-order valence-corrected chi connectivity index (χ2v) is 11.5. The van der Waals surface area contributed by atoms with Crippen LogP contribution in [0.1, 0.15) is 36.0 Å². The minimum atomic E-state index is -0.704. The Morgan fingerprint density at radius 2 is 1.89 bits per heavy atom. The summed E-state index contributed by atoms with van der Waals surface area (Å²) in [6, 6.07) is 8.50. The third kappa shape index (κ3) is 6.33. The number of carbonyl (C=O) groups is 3.